The van der Waals surface area contributed by atoms with E-state index in [1.54, 1.807) is 19.5 Å². The highest BCUT2D eigenvalue weighted by Crippen LogP contribution is 2.30. The summed E-state index contributed by atoms with van der Waals surface area (Å²) in [5, 5.41) is 7.63. The zero-order chi connectivity index (χ0) is 24.2. The number of nitrogens with one attached hydrogen (secondary N) is 2. The summed E-state index contributed by atoms with van der Waals surface area (Å²) in [5.74, 6) is 1.61. The first-order valence-corrected chi connectivity index (χ1v) is 11.1. The molecule has 2 aromatic carbocycles. The van der Waals surface area contributed by atoms with Crippen molar-refractivity contribution in [2.24, 2.45) is 0 Å². The number of halogens is 2. The molecule has 7 nitrogen and oxygen atoms in total. The molecule has 0 bridgehead atoms. The lowest BCUT2D eigenvalue weighted by atomic mass is 10.2. The van der Waals surface area contributed by atoms with Crippen LogP contribution in [-0.4, -0.2) is 27.0 Å². The van der Waals surface area contributed by atoms with Crippen LogP contribution >= 0.6 is 11.6 Å². The van der Waals surface area contributed by atoms with Crippen LogP contribution in [0.1, 0.15) is 5.56 Å². The minimum Gasteiger partial charge on any atom is -0.497 e. The van der Waals surface area contributed by atoms with Crippen molar-refractivity contribution in [1.82, 2.24) is 19.9 Å². The van der Waals surface area contributed by atoms with Gasteiger partial charge >= 0.3 is 0 Å². The summed E-state index contributed by atoms with van der Waals surface area (Å²) < 4.78 is 19.9. The number of aromatic nitrogens is 4. The Hall–Kier alpha value is -4.30. The topological polar surface area (TPSA) is 84.9 Å². The molecule has 0 radical (unpaired) electrons. The highest BCUT2D eigenvalue weighted by atomic mass is 35.5. The fraction of sp³-hybridized carbons (Fsp3) is 0.0769. The molecular formula is C26H20ClFN6O. The number of hydrogen-bond donors (Lipinski definition) is 2. The van der Waals surface area contributed by atoms with E-state index in [0.29, 0.717) is 34.2 Å². The summed E-state index contributed by atoms with van der Waals surface area (Å²) in [4.78, 5) is 17.9. The van der Waals surface area contributed by atoms with Crippen LogP contribution in [0, 0.1) is 5.82 Å². The number of anilines is 3. The number of ether oxygens (including phenoxy) is 1. The third-order valence-electron chi connectivity index (χ3n) is 5.30. The summed E-state index contributed by atoms with van der Waals surface area (Å²) in [7, 11) is 1.63. The van der Waals surface area contributed by atoms with Gasteiger partial charge in [-0.3, -0.25) is 4.98 Å². The Kier molecular flexibility index (Phi) is 6.36. The van der Waals surface area contributed by atoms with Crippen molar-refractivity contribution in [3.05, 3.63) is 95.5 Å². The second kappa shape index (κ2) is 9.90. The van der Waals surface area contributed by atoms with Gasteiger partial charge in [0, 0.05) is 29.6 Å². The highest BCUT2D eigenvalue weighted by molar-refractivity contribution is 6.30. The molecule has 0 saturated heterocycles. The molecule has 9 heteroatoms. The molecular weight excluding hydrogens is 467 g/mol. The SMILES string of the molecule is COc1ccc(CNc2ccc3c(Nc4ccncc4)nc(-c4cc(Cl)ccc4F)nc3n2)cc1. The zero-order valence-electron chi connectivity index (χ0n) is 18.7. The van der Waals surface area contributed by atoms with Crippen molar-refractivity contribution >= 4 is 40.0 Å². The van der Waals surface area contributed by atoms with Gasteiger partial charge in [0.25, 0.3) is 0 Å². The molecule has 0 atom stereocenters. The summed E-state index contributed by atoms with van der Waals surface area (Å²) in [6.07, 6.45) is 3.34. The molecule has 3 heterocycles. The third-order valence-corrected chi connectivity index (χ3v) is 5.54. The van der Waals surface area contributed by atoms with E-state index in [1.165, 1.54) is 18.2 Å². The number of pyridine rings is 2. The van der Waals surface area contributed by atoms with Crippen LogP contribution in [0.5, 0.6) is 5.75 Å². The largest absolute Gasteiger partial charge is 0.497 e. The van der Waals surface area contributed by atoms with Gasteiger partial charge in [0.05, 0.1) is 18.1 Å². The Labute approximate surface area is 206 Å². The molecule has 0 aliphatic carbocycles. The predicted molar refractivity (Wildman–Crippen MR) is 136 cm³/mol. The molecule has 0 unspecified atom stereocenters. The Morgan fingerprint density at radius 3 is 2.49 bits per heavy atom. The van der Waals surface area contributed by atoms with Crippen LogP contribution in [0.25, 0.3) is 22.4 Å². The fourth-order valence-corrected chi connectivity index (χ4v) is 3.67. The molecule has 0 aliphatic rings. The normalized spacial score (nSPS) is 10.8. The van der Waals surface area contributed by atoms with Crippen molar-refractivity contribution in [3.8, 4) is 17.1 Å². The summed E-state index contributed by atoms with van der Waals surface area (Å²) >= 11 is 6.12. The van der Waals surface area contributed by atoms with Crippen molar-refractivity contribution in [2.45, 2.75) is 6.54 Å². The maximum absolute atomic E-state index is 14.6. The number of benzene rings is 2. The molecule has 2 N–H and O–H groups in total. The molecule has 0 saturated carbocycles. The first-order valence-electron chi connectivity index (χ1n) is 10.8. The first-order chi connectivity index (χ1) is 17.1. The minimum atomic E-state index is -0.475. The van der Waals surface area contributed by atoms with Gasteiger partial charge in [0.2, 0.25) is 0 Å². The maximum atomic E-state index is 14.6. The molecule has 0 spiro atoms. The monoisotopic (exact) mass is 486 g/mol. The lowest BCUT2D eigenvalue weighted by molar-refractivity contribution is 0.414. The minimum absolute atomic E-state index is 0.175. The van der Waals surface area contributed by atoms with Crippen LogP contribution in [0.3, 0.4) is 0 Å². The van der Waals surface area contributed by atoms with Gasteiger partial charge in [-0.05, 0) is 60.2 Å². The van der Waals surface area contributed by atoms with Crippen LogP contribution in [0.15, 0.2) is 79.1 Å². The smallest absolute Gasteiger partial charge is 0.167 e. The molecule has 0 fully saturated rings. The Bertz CT molecular complexity index is 1480. The average Bonchev–Trinajstić information content (AvgIpc) is 2.89. The molecule has 5 rings (SSSR count). The fourth-order valence-electron chi connectivity index (χ4n) is 3.50. The second-order valence-electron chi connectivity index (χ2n) is 7.65. The maximum Gasteiger partial charge on any atom is 0.167 e. The predicted octanol–water partition coefficient (Wildman–Crippen LogP) is 6.24. The first kappa shape index (κ1) is 22.5. The van der Waals surface area contributed by atoms with E-state index in [1.807, 2.05) is 48.5 Å². The standard InChI is InChI=1S/C26H20ClFN6O/c1-35-19-5-2-16(3-6-19)15-30-23-9-7-20-24(31-18-10-12-29-13-11-18)33-26(34-25(20)32-23)21-14-17(27)4-8-22(21)28/h2-14H,15H2,1H3,(H2,29,30,31,32,33,34). The van der Waals surface area contributed by atoms with E-state index >= 15 is 0 Å². The molecule has 0 aliphatic heterocycles. The van der Waals surface area contributed by atoms with Gasteiger partial charge in [0.1, 0.15) is 23.2 Å². The van der Waals surface area contributed by atoms with E-state index < -0.39 is 5.82 Å². The van der Waals surface area contributed by atoms with Crippen LogP contribution in [-0.2, 0) is 6.54 Å². The summed E-state index contributed by atoms with van der Waals surface area (Å²) in [5.41, 5.74) is 2.44. The number of nitrogens with zero attached hydrogens (tertiary/aromatic N) is 4. The lowest BCUT2D eigenvalue weighted by Gasteiger charge is -2.13. The quantitative estimate of drug-likeness (QED) is 0.281. The van der Waals surface area contributed by atoms with Crippen molar-refractivity contribution in [3.63, 3.8) is 0 Å². The van der Waals surface area contributed by atoms with Crippen molar-refractivity contribution < 1.29 is 9.13 Å². The molecule has 3 aromatic heterocycles. The van der Waals surface area contributed by atoms with Gasteiger partial charge in [-0.1, -0.05) is 23.7 Å². The van der Waals surface area contributed by atoms with Crippen molar-refractivity contribution in [1.29, 1.82) is 0 Å². The molecule has 5 aromatic rings. The number of rotatable bonds is 7. The van der Waals surface area contributed by atoms with E-state index in [0.717, 1.165) is 17.0 Å². The molecule has 35 heavy (non-hydrogen) atoms. The Balaban J connectivity index is 1.53. The van der Waals surface area contributed by atoms with Crippen LogP contribution < -0.4 is 15.4 Å². The van der Waals surface area contributed by atoms with Gasteiger partial charge in [-0.15, -0.1) is 0 Å². The average molecular weight is 487 g/mol. The van der Waals surface area contributed by atoms with E-state index in [2.05, 4.69) is 30.6 Å². The van der Waals surface area contributed by atoms with E-state index in [-0.39, 0.29) is 11.4 Å². The number of methoxy groups -OCH3 is 1. The second-order valence-corrected chi connectivity index (χ2v) is 8.09. The van der Waals surface area contributed by atoms with Gasteiger partial charge < -0.3 is 15.4 Å². The van der Waals surface area contributed by atoms with Crippen LogP contribution in [0.2, 0.25) is 5.02 Å². The third kappa shape index (κ3) is 5.12. The molecule has 174 valence electrons. The molecule has 0 amide bonds. The zero-order valence-corrected chi connectivity index (χ0v) is 19.4. The Morgan fingerprint density at radius 2 is 1.71 bits per heavy atom. The van der Waals surface area contributed by atoms with Gasteiger partial charge in [0.15, 0.2) is 11.5 Å². The van der Waals surface area contributed by atoms with Crippen LogP contribution in [0.4, 0.5) is 21.7 Å². The summed E-state index contributed by atoms with van der Waals surface area (Å²) in [6, 6.07) is 19.4. The summed E-state index contributed by atoms with van der Waals surface area (Å²) in [6.45, 7) is 0.561. The van der Waals surface area contributed by atoms with Gasteiger partial charge in [-0.25, -0.2) is 19.3 Å². The lowest BCUT2D eigenvalue weighted by Crippen LogP contribution is -2.04. The van der Waals surface area contributed by atoms with Crippen molar-refractivity contribution in [2.75, 3.05) is 17.7 Å². The van der Waals surface area contributed by atoms with Gasteiger partial charge in [-0.2, -0.15) is 0 Å². The Morgan fingerprint density at radius 1 is 0.914 bits per heavy atom. The van der Waals surface area contributed by atoms with E-state index in [9.17, 15) is 4.39 Å². The van der Waals surface area contributed by atoms with E-state index in [4.69, 9.17) is 16.3 Å². The number of fused-ring (bicyclic) bond motifs is 1. The highest BCUT2D eigenvalue weighted by Gasteiger charge is 2.15. The number of hydrogen-bond acceptors (Lipinski definition) is 7.